The first-order chi connectivity index (χ1) is 10.8. The second kappa shape index (κ2) is 12.3. The van der Waals surface area contributed by atoms with E-state index in [1.807, 2.05) is 0 Å². The first-order valence-corrected chi connectivity index (χ1v) is 9.82. The van der Waals surface area contributed by atoms with Crippen LogP contribution in [0.25, 0.3) is 0 Å². The number of carboxylic acid groups (broad SMARTS) is 1. The molecule has 0 bridgehead atoms. The number of hydrogen-bond donors (Lipinski definition) is 2. The van der Waals surface area contributed by atoms with E-state index in [-0.39, 0.29) is 31.8 Å². The molecule has 0 heterocycles. The highest BCUT2D eigenvalue weighted by molar-refractivity contribution is 7.85. The molecule has 0 saturated heterocycles. The van der Waals surface area contributed by atoms with Crippen molar-refractivity contribution in [3.63, 3.8) is 0 Å². The minimum atomic E-state index is -4.17. The predicted molar refractivity (Wildman–Crippen MR) is 87.9 cm³/mol. The lowest BCUT2D eigenvalue weighted by atomic mass is 10.1. The smallest absolute Gasteiger partial charge is 0.305 e. The van der Waals surface area contributed by atoms with Crippen LogP contribution >= 0.6 is 0 Å². The van der Waals surface area contributed by atoms with Crippen molar-refractivity contribution >= 4 is 22.0 Å². The molecule has 0 spiro atoms. The van der Waals surface area contributed by atoms with Crippen molar-refractivity contribution in [2.45, 2.75) is 64.7 Å². The first kappa shape index (κ1) is 21.9. The highest BCUT2D eigenvalue weighted by atomic mass is 32.2. The molecule has 2 N–H and O–H groups in total. The number of carbonyl (C=O) groups excluding carboxylic acids is 1. The van der Waals surface area contributed by atoms with Crippen LogP contribution in [0.2, 0.25) is 0 Å². The van der Waals surface area contributed by atoms with Gasteiger partial charge in [-0.2, -0.15) is 8.42 Å². The molecule has 7 nitrogen and oxygen atoms in total. The van der Waals surface area contributed by atoms with Gasteiger partial charge < -0.3 is 10.0 Å². The van der Waals surface area contributed by atoms with Gasteiger partial charge >= 0.3 is 5.97 Å². The summed E-state index contributed by atoms with van der Waals surface area (Å²) in [7, 11) is -4.17. The number of nitrogens with zero attached hydrogens (tertiary/aromatic N) is 1. The van der Waals surface area contributed by atoms with Crippen LogP contribution in [0.15, 0.2) is 0 Å². The summed E-state index contributed by atoms with van der Waals surface area (Å²) in [5.41, 5.74) is 0. The summed E-state index contributed by atoms with van der Waals surface area (Å²) in [5, 5.41) is 8.68. The standard InChI is InChI=1S/C15H29NO6S/c1-2-3-4-5-6-7-8-9-14(17)16(11-10-15(18)19)12-13-23(20,21)22/h2-13H2,1H3,(H,18,19)(H,20,21,22). The monoisotopic (exact) mass is 351 g/mol. The summed E-state index contributed by atoms with van der Waals surface area (Å²) >= 11 is 0. The third kappa shape index (κ3) is 14.2. The van der Waals surface area contributed by atoms with Crippen LogP contribution in [-0.4, -0.2) is 53.7 Å². The SMILES string of the molecule is CCCCCCCCCC(=O)N(CCC(=O)O)CCS(=O)(=O)O. The topological polar surface area (TPSA) is 112 Å². The fraction of sp³-hybridized carbons (Fsp3) is 0.867. The van der Waals surface area contributed by atoms with E-state index in [1.165, 1.54) is 24.2 Å². The Balaban J connectivity index is 4.14. The molecule has 0 aliphatic heterocycles. The Labute approximate surface area is 138 Å². The Morgan fingerprint density at radius 3 is 2.00 bits per heavy atom. The quantitative estimate of drug-likeness (QED) is 0.367. The average molecular weight is 351 g/mol. The highest BCUT2D eigenvalue weighted by Gasteiger charge is 2.17. The van der Waals surface area contributed by atoms with Gasteiger partial charge in [0.1, 0.15) is 0 Å². The molecule has 0 unspecified atom stereocenters. The Bertz CT molecular complexity index is 449. The number of carbonyl (C=O) groups is 2. The summed E-state index contributed by atoms with van der Waals surface area (Å²) in [6.45, 7) is 1.93. The number of hydrogen-bond acceptors (Lipinski definition) is 4. The lowest BCUT2D eigenvalue weighted by molar-refractivity contribution is -0.138. The van der Waals surface area contributed by atoms with Gasteiger partial charge in [-0.05, 0) is 6.42 Å². The van der Waals surface area contributed by atoms with Crippen LogP contribution in [0.4, 0.5) is 0 Å². The van der Waals surface area contributed by atoms with Gasteiger partial charge in [0.15, 0.2) is 0 Å². The Morgan fingerprint density at radius 2 is 1.48 bits per heavy atom. The van der Waals surface area contributed by atoms with Gasteiger partial charge in [-0.3, -0.25) is 14.1 Å². The van der Waals surface area contributed by atoms with Gasteiger partial charge in [-0.1, -0.05) is 45.4 Å². The molecule has 0 fully saturated rings. The molecule has 0 aromatic carbocycles. The molecular weight excluding hydrogens is 322 g/mol. The first-order valence-electron chi connectivity index (χ1n) is 8.21. The normalized spacial score (nSPS) is 11.4. The number of amides is 1. The molecular formula is C15H29NO6S. The number of rotatable bonds is 14. The third-order valence-corrected chi connectivity index (χ3v) is 4.26. The molecule has 0 rings (SSSR count). The Morgan fingerprint density at radius 1 is 0.913 bits per heavy atom. The largest absolute Gasteiger partial charge is 0.481 e. The lowest BCUT2D eigenvalue weighted by Gasteiger charge is -2.21. The van der Waals surface area contributed by atoms with Crippen molar-refractivity contribution in [2.75, 3.05) is 18.8 Å². The zero-order chi connectivity index (χ0) is 17.7. The van der Waals surface area contributed by atoms with Crippen LogP contribution in [0.5, 0.6) is 0 Å². The third-order valence-electron chi connectivity index (χ3n) is 3.56. The summed E-state index contributed by atoms with van der Waals surface area (Å²) < 4.78 is 30.3. The second-order valence-corrected chi connectivity index (χ2v) is 7.25. The number of aliphatic carboxylic acids is 1. The van der Waals surface area contributed by atoms with Gasteiger partial charge in [0.05, 0.1) is 12.2 Å². The van der Waals surface area contributed by atoms with E-state index >= 15 is 0 Å². The van der Waals surface area contributed by atoms with Gasteiger partial charge in [0.25, 0.3) is 10.1 Å². The van der Waals surface area contributed by atoms with E-state index in [9.17, 15) is 18.0 Å². The molecule has 0 aliphatic carbocycles. The zero-order valence-electron chi connectivity index (χ0n) is 13.9. The van der Waals surface area contributed by atoms with Crippen LogP contribution in [0.1, 0.15) is 64.7 Å². The molecule has 136 valence electrons. The molecule has 0 aromatic rings. The fourth-order valence-electron chi connectivity index (χ4n) is 2.21. The van der Waals surface area contributed by atoms with E-state index in [0.717, 1.165) is 19.3 Å². The lowest BCUT2D eigenvalue weighted by Crippen LogP contribution is -2.36. The van der Waals surface area contributed by atoms with Gasteiger partial charge in [-0.25, -0.2) is 0 Å². The molecule has 0 aromatic heterocycles. The van der Waals surface area contributed by atoms with Crippen LogP contribution in [0.3, 0.4) is 0 Å². The molecule has 0 aliphatic rings. The Kier molecular flexibility index (Phi) is 11.7. The summed E-state index contributed by atoms with van der Waals surface area (Å²) in [4.78, 5) is 23.9. The fourth-order valence-corrected chi connectivity index (χ4v) is 2.66. The minimum Gasteiger partial charge on any atom is -0.481 e. The summed E-state index contributed by atoms with van der Waals surface area (Å²) in [5.74, 6) is -1.89. The van der Waals surface area contributed by atoms with Crippen molar-refractivity contribution in [2.24, 2.45) is 0 Å². The van der Waals surface area contributed by atoms with E-state index in [0.29, 0.717) is 6.42 Å². The summed E-state index contributed by atoms with van der Waals surface area (Å²) in [6, 6.07) is 0. The molecule has 0 atom stereocenters. The zero-order valence-corrected chi connectivity index (χ0v) is 14.7. The molecule has 0 saturated carbocycles. The highest BCUT2D eigenvalue weighted by Crippen LogP contribution is 2.10. The van der Waals surface area contributed by atoms with E-state index in [4.69, 9.17) is 9.66 Å². The van der Waals surface area contributed by atoms with Crippen LogP contribution in [0, 0.1) is 0 Å². The molecule has 23 heavy (non-hydrogen) atoms. The molecule has 1 amide bonds. The van der Waals surface area contributed by atoms with Crippen molar-refractivity contribution in [3.8, 4) is 0 Å². The van der Waals surface area contributed by atoms with Crippen LogP contribution < -0.4 is 0 Å². The minimum absolute atomic E-state index is 0.0415. The maximum Gasteiger partial charge on any atom is 0.305 e. The van der Waals surface area contributed by atoms with E-state index < -0.39 is 21.8 Å². The van der Waals surface area contributed by atoms with E-state index in [1.54, 1.807) is 0 Å². The van der Waals surface area contributed by atoms with Crippen molar-refractivity contribution in [1.82, 2.24) is 4.90 Å². The van der Waals surface area contributed by atoms with E-state index in [2.05, 4.69) is 6.92 Å². The predicted octanol–water partition coefficient (Wildman–Crippen LogP) is 2.32. The van der Waals surface area contributed by atoms with Gasteiger partial charge in [0.2, 0.25) is 5.91 Å². The second-order valence-electron chi connectivity index (χ2n) is 5.68. The molecule has 0 radical (unpaired) electrons. The van der Waals surface area contributed by atoms with Gasteiger partial charge in [-0.15, -0.1) is 0 Å². The Hall–Kier alpha value is -1.15. The maximum absolute atomic E-state index is 12.1. The maximum atomic E-state index is 12.1. The van der Waals surface area contributed by atoms with Crippen molar-refractivity contribution in [3.05, 3.63) is 0 Å². The average Bonchev–Trinajstić information content (AvgIpc) is 2.44. The summed E-state index contributed by atoms with van der Waals surface area (Å²) in [6.07, 6.45) is 7.49. The van der Waals surface area contributed by atoms with Crippen molar-refractivity contribution < 1.29 is 27.7 Å². The van der Waals surface area contributed by atoms with Crippen molar-refractivity contribution in [1.29, 1.82) is 0 Å². The number of unbranched alkanes of at least 4 members (excludes halogenated alkanes) is 6. The number of carboxylic acids is 1. The van der Waals surface area contributed by atoms with Crippen LogP contribution in [-0.2, 0) is 19.7 Å². The molecule has 8 heteroatoms. The van der Waals surface area contributed by atoms with Gasteiger partial charge in [0, 0.05) is 19.5 Å².